The van der Waals surface area contributed by atoms with Crippen LogP contribution in [0, 0.1) is 6.92 Å². The molecule has 0 atom stereocenters. The summed E-state index contributed by atoms with van der Waals surface area (Å²) in [6.07, 6.45) is 1.59. The molecular formula is C22H15Cl2N3O4S2. The predicted molar refractivity (Wildman–Crippen MR) is 132 cm³/mol. The molecule has 1 N–H and O–H groups in total. The quantitative estimate of drug-likeness (QED) is 0.336. The highest BCUT2D eigenvalue weighted by atomic mass is 35.5. The second-order valence-corrected chi connectivity index (χ2v) is 9.36. The lowest BCUT2D eigenvalue weighted by atomic mass is 10.2. The van der Waals surface area contributed by atoms with Crippen LogP contribution >= 0.6 is 47.2 Å². The van der Waals surface area contributed by atoms with Crippen LogP contribution in [0.3, 0.4) is 0 Å². The van der Waals surface area contributed by atoms with Gasteiger partial charge in [-0.25, -0.2) is 0 Å². The van der Waals surface area contributed by atoms with E-state index < -0.39 is 18.4 Å². The molecule has 0 saturated carbocycles. The Balaban J connectivity index is 1.84. The number of halogens is 2. The number of carboxylic acid groups (broad SMARTS) is 1. The average Bonchev–Trinajstić information content (AvgIpc) is 3.22. The molecule has 0 aliphatic carbocycles. The van der Waals surface area contributed by atoms with E-state index in [1.807, 2.05) is 30.3 Å². The van der Waals surface area contributed by atoms with Crippen molar-refractivity contribution in [2.75, 3.05) is 6.54 Å². The van der Waals surface area contributed by atoms with Crippen molar-refractivity contribution in [1.29, 1.82) is 0 Å². The minimum Gasteiger partial charge on any atom is -0.480 e. The van der Waals surface area contributed by atoms with Crippen molar-refractivity contribution in [3.05, 3.63) is 74.7 Å². The number of thioether (sulfide) groups is 1. The maximum atomic E-state index is 12.8. The van der Waals surface area contributed by atoms with Gasteiger partial charge in [0.2, 0.25) is 5.88 Å². The van der Waals surface area contributed by atoms with Crippen LogP contribution in [0.2, 0.25) is 10.0 Å². The van der Waals surface area contributed by atoms with Crippen LogP contribution in [0.1, 0.15) is 11.3 Å². The van der Waals surface area contributed by atoms with Gasteiger partial charge in [-0.2, -0.15) is 9.78 Å². The smallest absolute Gasteiger partial charge is 0.323 e. The number of para-hydroxylation sites is 2. The van der Waals surface area contributed by atoms with Gasteiger partial charge in [0.15, 0.2) is 5.75 Å². The van der Waals surface area contributed by atoms with Crippen LogP contribution in [0.15, 0.2) is 53.4 Å². The molecule has 4 rings (SSSR count). The van der Waals surface area contributed by atoms with Gasteiger partial charge in [0.25, 0.3) is 5.91 Å². The summed E-state index contributed by atoms with van der Waals surface area (Å²) in [4.78, 5) is 25.2. The molecule has 1 saturated heterocycles. The molecule has 3 aromatic rings. The number of carbonyl (C=O) groups is 2. The Morgan fingerprint density at radius 3 is 2.48 bits per heavy atom. The molecule has 7 nitrogen and oxygen atoms in total. The van der Waals surface area contributed by atoms with Gasteiger partial charge >= 0.3 is 5.97 Å². The van der Waals surface area contributed by atoms with Gasteiger partial charge in [-0.1, -0.05) is 71.4 Å². The van der Waals surface area contributed by atoms with Crippen molar-refractivity contribution in [3.63, 3.8) is 0 Å². The topological polar surface area (TPSA) is 84.7 Å². The van der Waals surface area contributed by atoms with E-state index in [1.165, 1.54) is 0 Å². The lowest BCUT2D eigenvalue weighted by Gasteiger charge is -2.13. The summed E-state index contributed by atoms with van der Waals surface area (Å²) >= 11 is 18.9. The molecule has 0 unspecified atom stereocenters. The standard InChI is InChI=1S/C22H15Cl2N3O4S2/c1-12-14(10-17-20(30)26(11-18(28)29)22(32)33-17)21(27(25-12)13-6-3-2-4-7-13)31-19-15(23)8-5-9-16(19)24/h2-10H,11H2,1H3,(H,28,29)/b17-10-. The number of amides is 1. The molecule has 11 heteroatoms. The second-order valence-electron chi connectivity index (χ2n) is 6.87. The molecule has 1 aliphatic heterocycles. The van der Waals surface area contributed by atoms with Crippen molar-refractivity contribution in [1.82, 2.24) is 14.7 Å². The first-order valence-corrected chi connectivity index (χ1v) is 11.5. The number of carboxylic acids is 1. The highest BCUT2D eigenvalue weighted by molar-refractivity contribution is 8.26. The van der Waals surface area contributed by atoms with Crippen LogP contribution in [0.4, 0.5) is 0 Å². The molecular weight excluding hydrogens is 505 g/mol. The van der Waals surface area contributed by atoms with Crippen LogP contribution in [-0.2, 0) is 9.59 Å². The number of ether oxygens (including phenoxy) is 1. The Kier molecular flexibility index (Phi) is 6.76. The summed E-state index contributed by atoms with van der Waals surface area (Å²) in [6, 6.07) is 14.3. The SMILES string of the molecule is Cc1nn(-c2ccccc2)c(Oc2c(Cl)cccc2Cl)c1/C=C1\SC(=S)N(CC(=O)O)C1=O. The fourth-order valence-corrected chi connectivity index (χ4v) is 4.82. The third kappa shape index (κ3) is 4.77. The van der Waals surface area contributed by atoms with E-state index in [4.69, 9.17) is 45.3 Å². The Morgan fingerprint density at radius 1 is 1.18 bits per heavy atom. The molecule has 1 aliphatic rings. The number of benzene rings is 2. The molecule has 168 valence electrons. The van der Waals surface area contributed by atoms with Crippen molar-refractivity contribution in [2.45, 2.75) is 6.92 Å². The summed E-state index contributed by atoms with van der Waals surface area (Å²) in [5.41, 5.74) is 1.79. The van der Waals surface area contributed by atoms with E-state index in [2.05, 4.69) is 5.10 Å². The van der Waals surface area contributed by atoms with Crippen LogP contribution in [-0.4, -0.2) is 42.5 Å². The number of aliphatic carboxylic acids is 1. The normalized spacial score (nSPS) is 14.9. The fourth-order valence-electron chi connectivity index (χ4n) is 3.11. The van der Waals surface area contributed by atoms with E-state index in [0.29, 0.717) is 21.3 Å². The van der Waals surface area contributed by atoms with Crippen LogP contribution < -0.4 is 4.74 Å². The molecule has 0 bridgehead atoms. The molecule has 33 heavy (non-hydrogen) atoms. The highest BCUT2D eigenvalue weighted by Crippen LogP contribution is 2.41. The second kappa shape index (κ2) is 9.56. The number of aryl methyl sites for hydroxylation is 1. The number of hydrogen-bond acceptors (Lipinski definition) is 6. The number of carbonyl (C=O) groups excluding carboxylic acids is 1. The first-order chi connectivity index (χ1) is 15.8. The Hall–Kier alpha value is -2.85. The van der Waals surface area contributed by atoms with E-state index in [-0.39, 0.29) is 20.9 Å². The van der Waals surface area contributed by atoms with Gasteiger partial charge in [0.05, 0.1) is 31.9 Å². The van der Waals surface area contributed by atoms with Crippen LogP contribution in [0.25, 0.3) is 11.8 Å². The van der Waals surface area contributed by atoms with Crippen molar-refractivity contribution < 1.29 is 19.4 Å². The first kappa shape index (κ1) is 23.3. The molecule has 1 amide bonds. The minimum atomic E-state index is -1.15. The lowest BCUT2D eigenvalue weighted by Crippen LogP contribution is -2.33. The van der Waals surface area contributed by atoms with Gasteiger partial charge < -0.3 is 9.84 Å². The average molecular weight is 520 g/mol. The number of hydrogen-bond donors (Lipinski definition) is 1. The van der Waals surface area contributed by atoms with Crippen LogP contribution in [0.5, 0.6) is 11.6 Å². The highest BCUT2D eigenvalue weighted by Gasteiger charge is 2.34. The van der Waals surface area contributed by atoms with E-state index in [0.717, 1.165) is 22.3 Å². The van der Waals surface area contributed by atoms with E-state index in [1.54, 1.807) is 35.9 Å². The zero-order valence-corrected chi connectivity index (χ0v) is 20.1. The third-order valence-electron chi connectivity index (χ3n) is 4.62. The summed E-state index contributed by atoms with van der Waals surface area (Å²) in [6.45, 7) is 1.26. The molecule has 1 fully saturated rings. The van der Waals surface area contributed by atoms with E-state index in [9.17, 15) is 9.59 Å². The molecule has 1 aromatic heterocycles. The summed E-state index contributed by atoms with van der Waals surface area (Å²) in [7, 11) is 0. The van der Waals surface area contributed by atoms with E-state index >= 15 is 0 Å². The predicted octanol–water partition coefficient (Wildman–Crippen LogP) is 5.57. The Labute approximate surface area is 208 Å². The van der Waals surface area contributed by atoms with Gasteiger partial charge in [0, 0.05) is 0 Å². The fraction of sp³-hybridized carbons (Fsp3) is 0.0909. The molecule has 0 radical (unpaired) electrons. The monoisotopic (exact) mass is 519 g/mol. The maximum Gasteiger partial charge on any atom is 0.323 e. The number of thiocarbonyl (C=S) groups is 1. The van der Waals surface area contributed by atoms with Gasteiger partial charge in [0.1, 0.15) is 10.9 Å². The number of rotatable bonds is 6. The van der Waals surface area contributed by atoms with Gasteiger partial charge in [-0.05, 0) is 37.3 Å². The minimum absolute atomic E-state index is 0.165. The Morgan fingerprint density at radius 2 is 1.85 bits per heavy atom. The zero-order chi connectivity index (χ0) is 23.7. The summed E-state index contributed by atoms with van der Waals surface area (Å²) in [5, 5.41) is 14.3. The lowest BCUT2D eigenvalue weighted by molar-refractivity contribution is -0.140. The van der Waals surface area contributed by atoms with Crippen molar-refractivity contribution >= 4 is 69.5 Å². The summed E-state index contributed by atoms with van der Waals surface area (Å²) < 4.78 is 7.92. The first-order valence-electron chi connectivity index (χ1n) is 9.50. The molecule has 2 heterocycles. The maximum absolute atomic E-state index is 12.8. The molecule has 2 aromatic carbocycles. The van der Waals surface area contributed by atoms with Gasteiger partial charge in [-0.15, -0.1) is 0 Å². The number of aromatic nitrogens is 2. The number of nitrogens with zero attached hydrogens (tertiary/aromatic N) is 3. The largest absolute Gasteiger partial charge is 0.480 e. The Bertz CT molecular complexity index is 1290. The molecule has 0 spiro atoms. The summed E-state index contributed by atoms with van der Waals surface area (Å²) in [5.74, 6) is -1.12. The van der Waals surface area contributed by atoms with Crippen molar-refractivity contribution in [2.24, 2.45) is 0 Å². The third-order valence-corrected chi connectivity index (χ3v) is 6.60. The van der Waals surface area contributed by atoms with Gasteiger partial charge in [-0.3, -0.25) is 14.5 Å². The zero-order valence-electron chi connectivity index (χ0n) is 17.0. The van der Waals surface area contributed by atoms with Crippen molar-refractivity contribution in [3.8, 4) is 17.3 Å².